The molecule has 2 saturated heterocycles. The first kappa shape index (κ1) is 14.2. The average Bonchev–Trinajstić information content (AvgIpc) is 3.09. The minimum Gasteiger partial charge on any atom is -0.389 e. The summed E-state index contributed by atoms with van der Waals surface area (Å²) in [6.07, 6.45) is 3.47. The van der Waals surface area contributed by atoms with Crippen molar-refractivity contribution in [2.24, 2.45) is 0 Å². The third-order valence-corrected chi connectivity index (χ3v) is 4.92. The van der Waals surface area contributed by atoms with Gasteiger partial charge >= 0.3 is 0 Å². The molecule has 3 nitrogen and oxygen atoms in total. The van der Waals surface area contributed by atoms with Crippen LogP contribution in [0.4, 0.5) is 5.69 Å². The van der Waals surface area contributed by atoms with Crippen LogP contribution in [0.3, 0.4) is 0 Å². The molecule has 2 aliphatic heterocycles. The van der Waals surface area contributed by atoms with Gasteiger partial charge in [0.05, 0.1) is 16.8 Å². The molecule has 1 N–H and O–H groups in total. The van der Waals surface area contributed by atoms with Gasteiger partial charge in [0, 0.05) is 19.1 Å². The predicted molar refractivity (Wildman–Crippen MR) is 83.5 cm³/mol. The maximum atomic E-state index is 9.61. The second-order valence-electron chi connectivity index (χ2n) is 6.02. The van der Waals surface area contributed by atoms with E-state index in [1.54, 1.807) is 6.92 Å². The fourth-order valence-corrected chi connectivity index (χ4v) is 3.71. The molecule has 0 bridgehead atoms. The highest BCUT2D eigenvalue weighted by Gasteiger charge is 2.30. The molecular formula is C16H23ClN2O. The summed E-state index contributed by atoms with van der Waals surface area (Å²) in [5, 5.41) is 10.4. The van der Waals surface area contributed by atoms with Crippen LogP contribution in [0.5, 0.6) is 0 Å². The molecule has 1 aromatic carbocycles. The van der Waals surface area contributed by atoms with Gasteiger partial charge in [0.1, 0.15) is 0 Å². The van der Waals surface area contributed by atoms with Crippen LogP contribution >= 0.6 is 11.6 Å². The number of likely N-dealkylation sites (tertiary alicyclic amines) is 1. The van der Waals surface area contributed by atoms with E-state index in [9.17, 15) is 5.11 Å². The highest BCUT2D eigenvalue weighted by atomic mass is 35.5. The largest absolute Gasteiger partial charge is 0.389 e. The Balaban J connectivity index is 1.71. The number of anilines is 1. The molecule has 2 heterocycles. The number of nitrogens with zero attached hydrogens (tertiary/aromatic N) is 2. The Hall–Kier alpha value is -0.770. The van der Waals surface area contributed by atoms with Crippen LogP contribution < -0.4 is 4.90 Å². The summed E-state index contributed by atoms with van der Waals surface area (Å²) in [5.41, 5.74) is 1.99. The van der Waals surface area contributed by atoms with Gasteiger partial charge in [-0.1, -0.05) is 17.7 Å². The summed E-state index contributed by atoms with van der Waals surface area (Å²) in [5.74, 6) is 0. The van der Waals surface area contributed by atoms with Gasteiger partial charge in [0.25, 0.3) is 0 Å². The molecule has 2 unspecified atom stereocenters. The van der Waals surface area contributed by atoms with Crippen molar-refractivity contribution in [3.63, 3.8) is 0 Å². The summed E-state index contributed by atoms with van der Waals surface area (Å²) in [4.78, 5) is 5.01. The minimum atomic E-state index is -0.461. The lowest BCUT2D eigenvalue weighted by atomic mass is 10.1. The Bertz CT molecular complexity index is 472. The lowest BCUT2D eigenvalue weighted by molar-refractivity contribution is 0.199. The molecule has 0 spiro atoms. The smallest absolute Gasteiger partial charge is 0.0762 e. The SMILES string of the molecule is CC(O)c1ccc(N2CCC(N3CCCC3)C2)c(Cl)c1. The average molecular weight is 295 g/mol. The van der Waals surface area contributed by atoms with E-state index in [-0.39, 0.29) is 0 Å². The normalized spacial score (nSPS) is 25.4. The van der Waals surface area contributed by atoms with Gasteiger partial charge in [0.15, 0.2) is 0 Å². The van der Waals surface area contributed by atoms with Crippen LogP contribution in [-0.2, 0) is 0 Å². The van der Waals surface area contributed by atoms with Crippen LogP contribution in [0.2, 0.25) is 5.02 Å². The molecule has 0 saturated carbocycles. The van der Waals surface area contributed by atoms with Crippen LogP contribution in [0.25, 0.3) is 0 Å². The molecule has 4 heteroatoms. The van der Waals surface area contributed by atoms with Gasteiger partial charge in [-0.25, -0.2) is 0 Å². The van der Waals surface area contributed by atoms with Crippen LogP contribution in [0, 0.1) is 0 Å². The monoisotopic (exact) mass is 294 g/mol. The minimum absolute atomic E-state index is 0.461. The Kier molecular flexibility index (Phi) is 4.20. The van der Waals surface area contributed by atoms with Gasteiger partial charge in [0.2, 0.25) is 0 Å². The predicted octanol–water partition coefficient (Wildman–Crippen LogP) is 3.07. The third-order valence-electron chi connectivity index (χ3n) is 4.62. The number of halogens is 1. The maximum absolute atomic E-state index is 9.61. The van der Waals surface area contributed by atoms with Gasteiger partial charge in [-0.3, -0.25) is 4.90 Å². The lowest BCUT2D eigenvalue weighted by Gasteiger charge is -2.25. The maximum Gasteiger partial charge on any atom is 0.0762 e. The first-order chi connectivity index (χ1) is 9.65. The van der Waals surface area contributed by atoms with Crippen LogP contribution in [-0.4, -0.2) is 42.2 Å². The van der Waals surface area contributed by atoms with Crippen molar-refractivity contribution in [3.8, 4) is 0 Å². The van der Waals surface area contributed by atoms with E-state index in [2.05, 4.69) is 15.9 Å². The Morgan fingerprint density at radius 2 is 2.00 bits per heavy atom. The molecule has 2 aliphatic rings. The Morgan fingerprint density at radius 3 is 2.65 bits per heavy atom. The van der Waals surface area contributed by atoms with Crippen molar-refractivity contribution in [1.29, 1.82) is 0 Å². The lowest BCUT2D eigenvalue weighted by Crippen LogP contribution is -2.35. The quantitative estimate of drug-likeness (QED) is 0.928. The van der Waals surface area contributed by atoms with E-state index in [4.69, 9.17) is 11.6 Å². The van der Waals surface area contributed by atoms with E-state index >= 15 is 0 Å². The molecule has 1 aromatic rings. The van der Waals surface area contributed by atoms with Crippen molar-refractivity contribution in [2.75, 3.05) is 31.1 Å². The number of rotatable bonds is 3. The van der Waals surface area contributed by atoms with Crippen LogP contribution in [0.15, 0.2) is 18.2 Å². The first-order valence-corrected chi connectivity index (χ1v) is 7.99. The van der Waals surface area contributed by atoms with Crippen molar-refractivity contribution in [3.05, 3.63) is 28.8 Å². The van der Waals surface area contributed by atoms with Crippen molar-refractivity contribution < 1.29 is 5.11 Å². The number of benzene rings is 1. The third kappa shape index (κ3) is 2.80. The molecule has 110 valence electrons. The Labute approximate surface area is 126 Å². The van der Waals surface area contributed by atoms with E-state index < -0.39 is 6.10 Å². The zero-order chi connectivity index (χ0) is 14.1. The van der Waals surface area contributed by atoms with Gasteiger partial charge in [-0.2, -0.15) is 0 Å². The van der Waals surface area contributed by atoms with Crippen molar-refractivity contribution >= 4 is 17.3 Å². The second-order valence-corrected chi connectivity index (χ2v) is 6.43. The molecule has 20 heavy (non-hydrogen) atoms. The second kappa shape index (κ2) is 5.92. The molecular weight excluding hydrogens is 272 g/mol. The van der Waals surface area contributed by atoms with E-state index in [0.29, 0.717) is 6.04 Å². The van der Waals surface area contributed by atoms with E-state index in [1.807, 2.05) is 12.1 Å². The summed E-state index contributed by atoms with van der Waals surface area (Å²) >= 11 is 6.39. The standard InChI is InChI=1S/C16H23ClN2O/c1-12(20)13-4-5-16(15(17)10-13)19-9-6-14(11-19)18-7-2-3-8-18/h4-5,10,12,14,20H,2-3,6-9,11H2,1H3. The Morgan fingerprint density at radius 1 is 1.25 bits per heavy atom. The van der Waals surface area contributed by atoms with Gasteiger partial charge in [-0.05, 0) is 57.0 Å². The molecule has 2 fully saturated rings. The highest BCUT2D eigenvalue weighted by molar-refractivity contribution is 6.33. The fourth-order valence-electron chi connectivity index (χ4n) is 3.40. The summed E-state index contributed by atoms with van der Waals surface area (Å²) in [6, 6.07) is 6.61. The van der Waals surface area contributed by atoms with Crippen LogP contribution in [0.1, 0.15) is 37.9 Å². The molecule has 0 radical (unpaired) electrons. The topological polar surface area (TPSA) is 26.7 Å². The number of aliphatic hydroxyl groups is 1. The number of aliphatic hydroxyl groups excluding tert-OH is 1. The molecule has 0 amide bonds. The zero-order valence-electron chi connectivity index (χ0n) is 12.1. The van der Waals surface area contributed by atoms with E-state index in [1.165, 1.54) is 32.4 Å². The molecule has 0 aliphatic carbocycles. The molecule has 0 aromatic heterocycles. The molecule has 3 rings (SSSR count). The fraction of sp³-hybridized carbons (Fsp3) is 0.625. The van der Waals surface area contributed by atoms with E-state index in [0.717, 1.165) is 29.4 Å². The highest BCUT2D eigenvalue weighted by Crippen LogP contribution is 2.32. The van der Waals surface area contributed by atoms with Gasteiger partial charge < -0.3 is 10.0 Å². The summed E-state index contributed by atoms with van der Waals surface area (Å²) in [7, 11) is 0. The molecule has 2 atom stereocenters. The summed E-state index contributed by atoms with van der Waals surface area (Å²) in [6.45, 7) is 6.44. The number of hydrogen-bond donors (Lipinski definition) is 1. The van der Waals surface area contributed by atoms with Crippen molar-refractivity contribution in [1.82, 2.24) is 4.90 Å². The van der Waals surface area contributed by atoms with Crippen molar-refractivity contribution in [2.45, 2.75) is 38.3 Å². The zero-order valence-corrected chi connectivity index (χ0v) is 12.8. The van der Waals surface area contributed by atoms with Gasteiger partial charge in [-0.15, -0.1) is 0 Å². The number of hydrogen-bond acceptors (Lipinski definition) is 3. The first-order valence-electron chi connectivity index (χ1n) is 7.61. The summed E-state index contributed by atoms with van der Waals surface area (Å²) < 4.78 is 0.